The minimum Gasteiger partial charge on any atom is -0.462 e. The molecule has 1 aromatic heterocycles. The number of esters is 1. The molecule has 1 heterocycles. The molecule has 1 aromatic carbocycles. The Morgan fingerprint density at radius 1 is 1.33 bits per heavy atom. The Morgan fingerprint density at radius 2 is 2.06 bits per heavy atom. The zero-order chi connectivity index (χ0) is 13.0. The van der Waals surface area contributed by atoms with E-state index >= 15 is 0 Å². The highest BCUT2D eigenvalue weighted by Crippen LogP contribution is 2.33. The van der Waals surface area contributed by atoms with E-state index in [1.807, 2.05) is 37.3 Å². The van der Waals surface area contributed by atoms with Crippen LogP contribution in [0.15, 0.2) is 36.4 Å². The van der Waals surface area contributed by atoms with Gasteiger partial charge in [0.1, 0.15) is 5.00 Å². The van der Waals surface area contributed by atoms with Crippen molar-refractivity contribution >= 4 is 22.3 Å². The Bertz CT molecular complexity index is 534. The van der Waals surface area contributed by atoms with Gasteiger partial charge >= 0.3 is 5.97 Å². The van der Waals surface area contributed by atoms with Crippen LogP contribution in [0.4, 0.5) is 5.00 Å². The second-order valence-corrected chi connectivity index (χ2v) is 4.97. The number of hydrogen-bond donors (Lipinski definition) is 1. The third kappa shape index (κ3) is 2.71. The highest BCUT2D eigenvalue weighted by atomic mass is 32.1. The van der Waals surface area contributed by atoms with Gasteiger partial charge in [0.15, 0.2) is 0 Å². The van der Waals surface area contributed by atoms with E-state index in [1.54, 1.807) is 6.07 Å². The third-order valence-electron chi connectivity index (χ3n) is 2.48. The molecule has 0 saturated heterocycles. The van der Waals surface area contributed by atoms with Crippen LogP contribution in [-0.2, 0) is 4.74 Å². The van der Waals surface area contributed by atoms with Gasteiger partial charge < -0.3 is 10.5 Å². The summed E-state index contributed by atoms with van der Waals surface area (Å²) in [4.78, 5) is 12.8. The molecule has 4 heteroatoms. The number of hydrogen-bond acceptors (Lipinski definition) is 4. The van der Waals surface area contributed by atoms with Crippen molar-refractivity contribution in [3.8, 4) is 10.4 Å². The molecule has 0 aliphatic carbocycles. The number of rotatable bonds is 4. The van der Waals surface area contributed by atoms with Gasteiger partial charge in [0, 0.05) is 4.88 Å². The highest BCUT2D eigenvalue weighted by Gasteiger charge is 2.15. The standard InChI is InChI=1S/C14H15NO2S/c1-2-8-17-14(16)11-9-12(18-13(11)15)10-6-4-3-5-7-10/h3-7,9H,2,8,15H2,1H3. The zero-order valence-electron chi connectivity index (χ0n) is 10.2. The minimum absolute atomic E-state index is 0.340. The van der Waals surface area contributed by atoms with Crippen molar-refractivity contribution in [2.75, 3.05) is 12.3 Å². The van der Waals surface area contributed by atoms with Crippen LogP contribution in [0.2, 0.25) is 0 Å². The first kappa shape index (κ1) is 12.6. The van der Waals surface area contributed by atoms with Gasteiger partial charge in [-0.2, -0.15) is 0 Å². The summed E-state index contributed by atoms with van der Waals surface area (Å²) in [5.41, 5.74) is 7.39. The van der Waals surface area contributed by atoms with E-state index in [0.29, 0.717) is 17.2 Å². The number of nitrogen functional groups attached to an aromatic ring is 1. The van der Waals surface area contributed by atoms with Crippen molar-refractivity contribution in [2.24, 2.45) is 0 Å². The monoisotopic (exact) mass is 261 g/mol. The maximum Gasteiger partial charge on any atom is 0.341 e. The van der Waals surface area contributed by atoms with Gasteiger partial charge in [-0.15, -0.1) is 11.3 Å². The summed E-state index contributed by atoms with van der Waals surface area (Å²) in [6, 6.07) is 11.7. The lowest BCUT2D eigenvalue weighted by Crippen LogP contribution is -2.06. The second-order valence-electron chi connectivity index (χ2n) is 3.89. The Labute approximate surface area is 110 Å². The average Bonchev–Trinajstić information content (AvgIpc) is 2.79. The summed E-state index contributed by atoms with van der Waals surface area (Å²) in [5.74, 6) is -0.340. The van der Waals surface area contributed by atoms with E-state index in [-0.39, 0.29) is 5.97 Å². The zero-order valence-corrected chi connectivity index (χ0v) is 11.0. The van der Waals surface area contributed by atoms with Crippen molar-refractivity contribution in [2.45, 2.75) is 13.3 Å². The Morgan fingerprint density at radius 3 is 2.72 bits per heavy atom. The van der Waals surface area contributed by atoms with Crippen molar-refractivity contribution in [3.05, 3.63) is 42.0 Å². The molecule has 0 saturated carbocycles. The summed E-state index contributed by atoms with van der Waals surface area (Å²) in [7, 11) is 0. The summed E-state index contributed by atoms with van der Waals surface area (Å²) in [5, 5.41) is 0.509. The summed E-state index contributed by atoms with van der Waals surface area (Å²) in [6.07, 6.45) is 0.807. The molecular formula is C14H15NO2S. The first-order valence-corrected chi connectivity index (χ1v) is 6.66. The predicted octanol–water partition coefficient (Wildman–Crippen LogP) is 3.56. The van der Waals surface area contributed by atoms with Crippen LogP contribution in [0.25, 0.3) is 10.4 Å². The fourth-order valence-corrected chi connectivity index (χ4v) is 2.50. The molecule has 3 nitrogen and oxygen atoms in total. The fraction of sp³-hybridized carbons (Fsp3) is 0.214. The van der Waals surface area contributed by atoms with Crippen LogP contribution in [0.3, 0.4) is 0 Å². The predicted molar refractivity (Wildman–Crippen MR) is 74.7 cm³/mol. The molecular weight excluding hydrogens is 246 g/mol. The average molecular weight is 261 g/mol. The molecule has 94 valence electrons. The van der Waals surface area contributed by atoms with Crippen molar-refractivity contribution in [1.82, 2.24) is 0 Å². The van der Waals surface area contributed by atoms with Gasteiger partial charge in [0.25, 0.3) is 0 Å². The number of thiophene rings is 1. The summed E-state index contributed by atoms with van der Waals surface area (Å²) < 4.78 is 5.09. The molecule has 2 N–H and O–H groups in total. The van der Waals surface area contributed by atoms with E-state index < -0.39 is 0 Å². The lowest BCUT2D eigenvalue weighted by molar-refractivity contribution is 0.0507. The number of carbonyl (C=O) groups is 1. The summed E-state index contributed by atoms with van der Waals surface area (Å²) >= 11 is 1.41. The number of carbonyl (C=O) groups excluding carboxylic acids is 1. The normalized spacial score (nSPS) is 10.3. The number of benzene rings is 1. The van der Waals surface area contributed by atoms with Crippen LogP contribution >= 0.6 is 11.3 Å². The quantitative estimate of drug-likeness (QED) is 0.856. The largest absolute Gasteiger partial charge is 0.462 e. The van der Waals surface area contributed by atoms with Crippen molar-refractivity contribution in [1.29, 1.82) is 0 Å². The molecule has 0 atom stereocenters. The summed E-state index contributed by atoms with van der Waals surface area (Å²) in [6.45, 7) is 2.38. The number of anilines is 1. The molecule has 0 aliphatic rings. The molecule has 0 unspecified atom stereocenters. The molecule has 0 radical (unpaired) electrons. The van der Waals surface area contributed by atoms with E-state index in [4.69, 9.17) is 10.5 Å². The van der Waals surface area contributed by atoms with Gasteiger partial charge in [-0.25, -0.2) is 4.79 Å². The van der Waals surface area contributed by atoms with Gasteiger partial charge in [0.05, 0.1) is 12.2 Å². The lowest BCUT2D eigenvalue weighted by Gasteiger charge is -2.00. The van der Waals surface area contributed by atoms with Gasteiger partial charge in [-0.3, -0.25) is 0 Å². The SMILES string of the molecule is CCCOC(=O)c1cc(-c2ccccc2)sc1N. The minimum atomic E-state index is -0.340. The molecule has 2 rings (SSSR count). The molecule has 0 amide bonds. The molecule has 0 fully saturated rings. The van der Waals surface area contributed by atoms with Crippen LogP contribution in [-0.4, -0.2) is 12.6 Å². The lowest BCUT2D eigenvalue weighted by atomic mass is 10.1. The second kappa shape index (κ2) is 5.69. The molecule has 0 aliphatic heterocycles. The van der Waals surface area contributed by atoms with Crippen molar-refractivity contribution < 1.29 is 9.53 Å². The smallest absolute Gasteiger partial charge is 0.341 e. The molecule has 0 spiro atoms. The van der Waals surface area contributed by atoms with Crippen LogP contribution in [0, 0.1) is 0 Å². The Hall–Kier alpha value is -1.81. The first-order chi connectivity index (χ1) is 8.72. The van der Waals surface area contributed by atoms with Gasteiger partial charge in [-0.05, 0) is 18.1 Å². The van der Waals surface area contributed by atoms with E-state index in [2.05, 4.69) is 0 Å². The molecule has 2 aromatic rings. The molecule has 0 bridgehead atoms. The van der Waals surface area contributed by atoms with E-state index in [9.17, 15) is 4.79 Å². The van der Waals surface area contributed by atoms with Crippen LogP contribution < -0.4 is 5.73 Å². The Kier molecular flexibility index (Phi) is 3.99. The van der Waals surface area contributed by atoms with Gasteiger partial charge in [-0.1, -0.05) is 37.3 Å². The Balaban J connectivity index is 2.25. The van der Waals surface area contributed by atoms with Crippen molar-refractivity contribution in [3.63, 3.8) is 0 Å². The maximum absolute atomic E-state index is 11.8. The number of ether oxygens (including phenoxy) is 1. The topological polar surface area (TPSA) is 52.3 Å². The van der Waals surface area contributed by atoms with Crippen LogP contribution in [0.1, 0.15) is 23.7 Å². The van der Waals surface area contributed by atoms with E-state index in [1.165, 1.54) is 11.3 Å². The first-order valence-electron chi connectivity index (χ1n) is 5.84. The third-order valence-corrected chi connectivity index (χ3v) is 3.49. The van der Waals surface area contributed by atoms with Crippen LogP contribution in [0.5, 0.6) is 0 Å². The fourth-order valence-electron chi connectivity index (χ4n) is 1.58. The molecule has 18 heavy (non-hydrogen) atoms. The maximum atomic E-state index is 11.8. The van der Waals surface area contributed by atoms with Gasteiger partial charge in [0.2, 0.25) is 0 Å². The highest BCUT2D eigenvalue weighted by molar-refractivity contribution is 7.19. The van der Waals surface area contributed by atoms with E-state index in [0.717, 1.165) is 16.9 Å². The number of nitrogens with two attached hydrogens (primary N) is 1.